The molecule has 0 saturated heterocycles. The van der Waals surface area contributed by atoms with Gasteiger partial charge in [0.2, 0.25) is 5.91 Å². The van der Waals surface area contributed by atoms with Crippen LogP contribution in [-0.2, 0) is 14.8 Å². The van der Waals surface area contributed by atoms with Crippen LogP contribution in [0.3, 0.4) is 0 Å². The molecule has 0 aliphatic carbocycles. The van der Waals surface area contributed by atoms with Gasteiger partial charge in [-0.3, -0.25) is 9.52 Å². The average Bonchev–Trinajstić information content (AvgIpc) is 2.84. The van der Waals surface area contributed by atoms with Gasteiger partial charge < -0.3 is 19.5 Å². The van der Waals surface area contributed by atoms with Gasteiger partial charge in [0, 0.05) is 16.6 Å². The standard InChI is InChI=1S/C24H26N2O6S2/c1-16(33-20-10-7-18(30-2)8-11-20)24(27)25-17-5-12-21(13-6-17)34(28,29)26-22-14-9-19(31-3)15-23(22)32-4/h5-16,26H,1-4H3,(H,25,27)/t16-/m0/s1. The summed E-state index contributed by atoms with van der Waals surface area (Å²) in [5, 5.41) is 2.45. The fraction of sp³-hybridized carbons (Fsp3) is 0.208. The van der Waals surface area contributed by atoms with Crippen LogP contribution in [0.15, 0.2) is 76.5 Å². The van der Waals surface area contributed by atoms with Gasteiger partial charge in [0.25, 0.3) is 10.0 Å². The van der Waals surface area contributed by atoms with Crippen molar-refractivity contribution in [3.63, 3.8) is 0 Å². The summed E-state index contributed by atoms with van der Waals surface area (Å²) in [5.41, 5.74) is 0.776. The fourth-order valence-corrected chi connectivity index (χ4v) is 4.90. The van der Waals surface area contributed by atoms with E-state index >= 15 is 0 Å². The van der Waals surface area contributed by atoms with Crippen LogP contribution in [0.4, 0.5) is 11.4 Å². The maximum Gasteiger partial charge on any atom is 0.262 e. The van der Waals surface area contributed by atoms with Crippen LogP contribution < -0.4 is 24.2 Å². The van der Waals surface area contributed by atoms with Crippen LogP contribution in [0.25, 0.3) is 0 Å². The smallest absolute Gasteiger partial charge is 0.262 e. The predicted octanol–water partition coefficient (Wildman–Crippen LogP) is 4.63. The first-order valence-corrected chi connectivity index (χ1v) is 12.6. The molecule has 0 spiro atoms. The SMILES string of the molecule is COc1ccc(S[C@@H](C)C(=O)Nc2ccc(S(=O)(=O)Nc3ccc(OC)cc3OC)cc2)cc1. The molecule has 2 N–H and O–H groups in total. The lowest BCUT2D eigenvalue weighted by molar-refractivity contribution is -0.115. The van der Waals surface area contributed by atoms with E-state index in [0.29, 0.717) is 17.2 Å². The maximum atomic E-state index is 12.8. The van der Waals surface area contributed by atoms with E-state index in [-0.39, 0.29) is 21.7 Å². The quantitative estimate of drug-likeness (QED) is 0.390. The van der Waals surface area contributed by atoms with E-state index in [4.69, 9.17) is 14.2 Å². The number of anilines is 2. The summed E-state index contributed by atoms with van der Waals surface area (Å²) in [6, 6.07) is 18.2. The van der Waals surface area contributed by atoms with Crippen molar-refractivity contribution in [2.24, 2.45) is 0 Å². The van der Waals surface area contributed by atoms with Crippen LogP contribution in [0.2, 0.25) is 0 Å². The van der Waals surface area contributed by atoms with Gasteiger partial charge >= 0.3 is 0 Å². The van der Waals surface area contributed by atoms with E-state index in [1.54, 1.807) is 44.4 Å². The molecule has 0 bridgehead atoms. The molecule has 0 aliphatic heterocycles. The summed E-state index contributed by atoms with van der Waals surface area (Å²) in [7, 11) is 0.680. The minimum atomic E-state index is -3.87. The molecule has 3 rings (SSSR count). The number of carbonyl (C=O) groups excluding carboxylic acids is 1. The number of carbonyl (C=O) groups is 1. The van der Waals surface area contributed by atoms with Crippen molar-refractivity contribution in [2.75, 3.05) is 31.4 Å². The summed E-state index contributed by atoms with van der Waals surface area (Å²) in [4.78, 5) is 13.6. The number of thioether (sulfide) groups is 1. The molecular formula is C24H26N2O6S2. The summed E-state index contributed by atoms with van der Waals surface area (Å²) in [6.45, 7) is 1.80. The zero-order valence-electron chi connectivity index (χ0n) is 19.2. The van der Waals surface area contributed by atoms with Gasteiger partial charge in [0.1, 0.15) is 17.2 Å². The molecule has 3 aromatic rings. The Bertz CT molecular complexity index is 1230. The van der Waals surface area contributed by atoms with E-state index in [2.05, 4.69) is 10.0 Å². The number of rotatable bonds is 10. The minimum Gasteiger partial charge on any atom is -0.497 e. The molecule has 0 unspecified atom stereocenters. The number of sulfonamides is 1. The molecular weight excluding hydrogens is 476 g/mol. The van der Waals surface area contributed by atoms with E-state index in [1.165, 1.54) is 38.1 Å². The number of methoxy groups -OCH3 is 3. The van der Waals surface area contributed by atoms with Crippen LogP contribution >= 0.6 is 11.8 Å². The Morgan fingerprint density at radius 1 is 0.853 bits per heavy atom. The molecule has 0 aromatic heterocycles. The van der Waals surface area contributed by atoms with Crippen molar-refractivity contribution in [3.8, 4) is 17.2 Å². The first kappa shape index (κ1) is 25.3. The number of nitrogens with one attached hydrogen (secondary N) is 2. The van der Waals surface area contributed by atoms with Crippen molar-refractivity contribution in [3.05, 3.63) is 66.7 Å². The Kier molecular flexibility index (Phi) is 8.30. The first-order chi connectivity index (χ1) is 16.2. The lowest BCUT2D eigenvalue weighted by Crippen LogP contribution is -2.22. The highest BCUT2D eigenvalue weighted by Crippen LogP contribution is 2.31. The van der Waals surface area contributed by atoms with E-state index in [9.17, 15) is 13.2 Å². The second-order valence-corrected chi connectivity index (χ2v) is 10.2. The van der Waals surface area contributed by atoms with Crippen LogP contribution in [0.5, 0.6) is 17.2 Å². The summed E-state index contributed by atoms with van der Waals surface area (Å²) in [6.07, 6.45) is 0. The average molecular weight is 503 g/mol. The Balaban J connectivity index is 1.65. The van der Waals surface area contributed by atoms with Crippen molar-refractivity contribution in [1.82, 2.24) is 0 Å². The van der Waals surface area contributed by atoms with Gasteiger partial charge in [-0.05, 0) is 67.6 Å². The Morgan fingerprint density at radius 3 is 2.06 bits per heavy atom. The summed E-state index contributed by atoms with van der Waals surface area (Å²) in [5.74, 6) is 1.42. The minimum absolute atomic E-state index is 0.0454. The maximum absolute atomic E-state index is 12.8. The van der Waals surface area contributed by atoms with Gasteiger partial charge in [-0.1, -0.05) is 0 Å². The second-order valence-electron chi connectivity index (χ2n) is 7.12. The van der Waals surface area contributed by atoms with E-state index in [1.807, 2.05) is 24.3 Å². The summed E-state index contributed by atoms with van der Waals surface area (Å²) < 4.78 is 43.7. The second kappa shape index (κ2) is 11.2. The number of ether oxygens (including phenoxy) is 3. The Morgan fingerprint density at radius 2 is 1.47 bits per heavy atom. The zero-order chi connectivity index (χ0) is 24.7. The Hall–Kier alpha value is -3.37. The first-order valence-electron chi connectivity index (χ1n) is 10.2. The van der Waals surface area contributed by atoms with Crippen LogP contribution in [-0.4, -0.2) is 40.9 Å². The van der Waals surface area contributed by atoms with Gasteiger partial charge in [-0.25, -0.2) is 8.42 Å². The molecule has 1 atom stereocenters. The number of benzene rings is 3. The molecule has 0 radical (unpaired) electrons. The molecule has 180 valence electrons. The molecule has 34 heavy (non-hydrogen) atoms. The third-order valence-corrected chi connectivity index (χ3v) is 7.32. The monoisotopic (exact) mass is 502 g/mol. The third kappa shape index (κ3) is 6.36. The van der Waals surface area contributed by atoms with E-state index in [0.717, 1.165) is 10.6 Å². The van der Waals surface area contributed by atoms with Crippen molar-refractivity contribution < 1.29 is 27.4 Å². The van der Waals surface area contributed by atoms with Crippen molar-refractivity contribution >= 4 is 39.1 Å². The van der Waals surface area contributed by atoms with E-state index < -0.39 is 10.0 Å². The number of hydrogen-bond acceptors (Lipinski definition) is 7. The topological polar surface area (TPSA) is 103 Å². The van der Waals surface area contributed by atoms with Crippen molar-refractivity contribution in [1.29, 1.82) is 0 Å². The third-order valence-electron chi connectivity index (χ3n) is 4.83. The zero-order valence-corrected chi connectivity index (χ0v) is 20.8. The van der Waals surface area contributed by atoms with Crippen LogP contribution in [0.1, 0.15) is 6.92 Å². The van der Waals surface area contributed by atoms with Crippen LogP contribution in [0, 0.1) is 0 Å². The molecule has 1 amide bonds. The normalized spacial score (nSPS) is 11.9. The molecule has 8 nitrogen and oxygen atoms in total. The highest BCUT2D eigenvalue weighted by atomic mass is 32.2. The Labute approximate surface area is 203 Å². The van der Waals surface area contributed by atoms with Gasteiger partial charge in [0.05, 0.1) is 37.2 Å². The lowest BCUT2D eigenvalue weighted by Gasteiger charge is -2.14. The molecule has 0 heterocycles. The lowest BCUT2D eigenvalue weighted by atomic mass is 10.3. The molecule has 10 heteroatoms. The fourth-order valence-electron chi connectivity index (χ4n) is 2.96. The largest absolute Gasteiger partial charge is 0.497 e. The van der Waals surface area contributed by atoms with Gasteiger partial charge in [0.15, 0.2) is 0 Å². The molecule has 0 aliphatic rings. The molecule has 0 saturated carbocycles. The van der Waals surface area contributed by atoms with Crippen molar-refractivity contribution in [2.45, 2.75) is 22.0 Å². The van der Waals surface area contributed by atoms with Gasteiger partial charge in [-0.2, -0.15) is 0 Å². The number of amides is 1. The highest BCUT2D eigenvalue weighted by Gasteiger charge is 2.18. The predicted molar refractivity (Wildman–Crippen MR) is 134 cm³/mol. The molecule has 0 fully saturated rings. The van der Waals surface area contributed by atoms with Gasteiger partial charge in [-0.15, -0.1) is 11.8 Å². The molecule has 3 aromatic carbocycles. The number of hydrogen-bond donors (Lipinski definition) is 2. The summed E-state index contributed by atoms with van der Waals surface area (Å²) >= 11 is 1.41. The highest BCUT2D eigenvalue weighted by molar-refractivity contribution is 8.00.